The lowest BCUT2D eigenvalue weighted by Crippen LogP contribution is -2.47. The standard InChI is InChI=1S/C25H27N3O4/c29-23(27-19-10-2-1-3-11-19)17-28(21-13-6-9-18-8-4-5-12-20(18)21)24(30)16-26-25(31)22-14-7-15-32-22/h4-9,12-15,19H,1-3,10-11,16-17H2,(H,26,31)(H,27,29). The van der Waals surface area contributed by atoms with Crippen LogP contribution in [0.3, 0.4) is 0 Å². The molecular weight excluding hydrogens is 406 g/mol. The van der Waals surface area contributed by atoms with E-state index >= 15 is 0 Å². The molecule has 1 aliphatic carbocycles. The average Bonchev–Trinajstić information content (AvgIpc) is 3.36. The summed E-state index contributed by atoms with van der Waals surface area (Å²) in [6.07, 6.45) is 6.74. The highest BCUT2D eigenvalue weighted by atomic mass is 16.3. The van der Waals surface area contributed by atoms with Crippen LogP contribution in [0.1, 0.15) is 42.7 Å². The van der Waals surface area contributed by atoms with Crippen LogP contribution in [0.15, 0.2) is 65.3 Å². The minimum atomic E-state index is -0.479. The molecule has 1 aromatic heterocycles. The van der Waals surface area contributed by atoms with Crippen LogP contribution in [-0.2, 0) is 9.59 Å². The molecule has 0 saturated heterocycles. The summed E-state index contributed by atoms with van der Waals surface area (Å²) < 4.78 is 5.08. The molecule has 7 heteroatoms. The average molecular weight is 434 g/mol. The second-order valence-corrected chi connectivity index (χ2v) is 8.04. The first-order chi connectivity index (χ1) is 15.6. The molecule has 0 radical (unpaired) electrons. The molecule has 1 heterocycles. The molecule has 32 heavy (non-hydrogen) atoms. The lowest BCUT2D eigenvalue weighted by molar-refractivity contribution is -0.124. The van der Waals surface area contributed by atoms with Crippen molar-refractivity contribution < 1.29 is 18.8 Å². The fraction of sp³-hybridized carbons (Fsp3) is 0.320. The number of hydrogen-bond donors (Lipinski definition) is 2. The van der Waals surface area contributed by atoms with Crippen LogP contribution in [0, 0.1) is 0 Å². The van der Waals surface area contributed by atoms with Gasteiger partial charge in [0.2, 0.25) is 11.8 Å². The molecule has 1 fully saturated rings. The lowest BCUT2D eigenvalue weighted by atomic mass is 9.95. The SMILES string of the molecule is O=C(CN(C(=O)CNC(=O)c1ccco1)c1cccc2ccccc12)NC1CCCCC1. The third kappa shape index (κ3) is 5.17. The molecule has 2 aromatic carbocycles. The number of fused-ring (bicyclic) bond motifs is 1. The monoisotopic (exact) mass is 433 g/mol. The normalized spacial score (nSPS) is 14.1. The quantitative estimate of drug-likeness (QED) is 0.595. The van der Waals surface area contributed by atoms with Gasteiger partial charge in [-0.15, -0.1) is 0 Å². The van der Waals surface area contributed by atoms with Crippen LogP contribution in [0.4, 0.5) is 5.69 Å². The van der Waals surface area contributed by atoms with E-state index in [0.717, 1.165) is 36.5 Å². The Morgan fingerprint density at radius 3 is 2.50 bits per heavy atom. The van der Waals surface area contributed by atoms with E-state index in [1.54, 1.807) is 6.07 Å². The topological polar surface area (TPSA) is 91.7 Å². The highest BCUT2D eigenvalue weighted by Crippen LogP contribution is 2.27. The van der Waals surface area contributed by atoms with Gasteiger partial charge in [0.1, 0.15) is 6.54 Å². The Hall–Kier alpha value is -3.61. The fourth-order valence-electron chi connectivity index (χ4n) is 4.16. The first kappa shape index (κ1) is 21.6. The Morgan fingerprint density at radius 2 is 1.72 bits per heavy atom. The Balaban J connectivity index is 1.53. The third-order valence-electron chi connectivity index (χ3n) is 5.78. The Kier molecular flexibility index (Phi) is 6.84. The van der Waals surface area contributed by atoms with Crippen molar-refractivity contribution in [2.45, 2.75) is 38.1 Å². The second-order valence-electron chi connectivity index (χ2n) is 8.04. The zero-order chi connectivity index (χ0) is 22.3. The maximum absolute atomic E-state index is 13.2. The van der Waals surface area contributed by atoms with Gasteiger partial charge in [-0.05, 0) is 36.4 Å². The van der Waals surface area contributed by atoms with Crippen molar-refractivity contribution >= 4 is 34.2 Å². The summed E-state index contributed by atoms with van der Waals surface area (Å²) in [7, 11) is 0. The summed E-state index contributed by atoms with van der Waals surface area (Å²) in [6, 6.07) is 16.6. The van der Waals surface area contributed by atoms with Gasteiger partial charge in [0.15, 0.2) is 5.76 Å². The van der Waals surface area contributed by atoms with Crippen molar-refractivity contribution in [3.05, 3.63) is 66.6 Å². The van der Waals surface area contributed by atoms with Gasteiger partial charge in [0.05, 0.1) is 18.5 Å². The van der Waals surface area contributed by atoms with Crippen molar-refractivity contribution in [2.24, 2.45) is 0 Å². The number of nitrogens with one attached hydrogen (secondary N) is 2. The van der Waals surface area contributed by atoms with Gasteiger partial charge in [-0.25, -0.2) is 0 Å². The number of furan rings is 1. The molecule has 7 nitrogen and oxygen atoms in total. The number of carbonyl (C=O) groups excluding carboxylic acids is 3. The fourth-order valence-corrected chi connectivity index (χ4v) is 4.16. The van der Waals surface area contributed by atoms with E-state index in [1.807, 2.05) is 42.5 Å². The number of benzene rings is 2. The summed E-state index contributed by atoms with van der Waals surface area (Å²) in [6.45, 7) is -0.362. The third-order valence-corrected chi connectivity index (χ3v) is 5.78. The van der Waals surface area contributed by atoms with Gasteiger partial charge < -0.3 is 20.0 Å². The first-order valence-electron chi connectivity index (χ1n) is 11.0. The van der Waals surface area contributed by atoms with Crippen molar-refractivity contribution in [2.75, 3.05) is 18.0 Å². The molecule has 0 spiro atoms. The molecule has 3 aromatic rings. The summed E-state index contributed by atoms with van der Waals surface area (Å²) in [4.78, 5) is 39.7. The van der Waals surface area contributed by atoms with E-state index < -0.39 is 5.91 Å². The molecule has 0 atom stereocenters. The van der Waals surface area contributed by atoms with Crippen LogP contribution in [-0.4, -0.2) is 36.9 Å². The number of rotatable bonds is 7. The molecule has 2 N–H and O–H groups in total. The molecule has 0 bridgehead atoms. The van der Waals surface area contributed by atoms with Gasteiger partial charge in [-0.3, -0.25) is 14.4 Å². The first-order valence-corrected chi connectivity index (χ1v) is 11.0. The second kappa shape index (κ2) is 10.1. The van der Waals surface area contributed by atoms with Crippen molar-refractivity contribution in [3.8, 4) is 0 Å². The van der Waals surface area contributed by atoms with E-state index in [0.29, 0.717) is 5.69 Å². The molecular formula is C25H27N3O4. The lowest BCUT2D eigenvalue weighted by Gasteiger charge is -2.27. The molecule has 0 unspecified atom stereocenters. The maximum Gasteiger partial charge on any atom is 0.287 e. The van der Waals surface area contributed by atoms with Gasteiger partial charge in [-0.2, -0.15) is 0 Å². The van der Waals surface area contributed by atoms with Crippen LogP contribution >= 0.6 is 0 Å². The summed E-state index contributed by atoms with van der Waals surface area (Å²) in [5.41, 5.74) is 0.638. The zero-order valence-electron chi connectivity index (χ0n) is 17.9. The van der Waals surface area contributed by atoms with Crippen molar-refractivity contribution in [1.29, 1.82) is 0 Å². The molecule has 166 valence electrons. The summed E-state index contributed by atoms with van der Waals surface area (Å²) in [5.74, 6) is -0.923. The van der Waals surface area contributed by atoms with E-state index in [4.69, 9.17) is 4.42 Å². The van der Waals surface area contributed by atoms with Crippen LogP contribution in [0.25, 0.3) is 10.8 Å². The number of hydrogen-bond acceptors (Lipinski definition) is 4. The van der Waals surface area contributed by atoms with Crippen molar-refractivity contribution in [1.82, 2.24) is 10.6 Å². The number of nitrogens with zero attached hydrogens (tertiary/aromatic N) is 1. The Bertz CT molecular complexity index is 1080. The summed E-state index contributed by atoms with van der Waals surface area (Å²) in [5, 5.41) is 7.49. The molecule has 1 aliphatic rings. The van der Waals surface area contributed by atoms with E-state index in [1.165, 1.54) is 23.7 Å². The van der Waals surface area contributed by atoms with Gasteiger partial charge in [0.25, 0.3) is 5.91 Å². The maximum atomic E-state index is 13.2. The Labute approximate surface area is 186 Å². The van der Waals surface area contributed by atoms with Gasteiger partial charge in [-0.1, -0.05) is 55.7 Å². The van der Waals surface area contributed by atoms with Gasteiger partial charge >= 0.3 is 0 Å². The Morgan fingerprint density at radius 1 is 0.938 bits per heavy atom. The predicted molar refractivity (Wildman–Crippen MR) is 122 cm³/mol. The highest BCUT2D eigenvalue weighted by molar-refractivity contribution is 6.08. The molecule has 0 aliphatic heterocycles. The smallest absolute Gasteiger partial charge is 0.287 e. The number of anilines is 1. The summed E-state index contributed by atoms with van der Waals surface area (Å²) >= 11 is 0. The largest absolute Gasteiger partial charge is 0.459 e. The van der Waals surface area contributed by atoms with Crippen LogP contribution in [0.5, 0.6) is 0 Å². The van der Waals surface area contributed by atoms with Crippen LogP contribution < -0.4 is 15.5 Å². The molecule has 1 saturated carbocycles. The molecule has 4 rings (SSSR count). The minimum absolute atomic E-state index is 0.111. The van der Waals surface area contributed by atoms with E-state index in [9.17, 15) is 14.4 Å². The highest BCUT2D eigenvalue weighted by Gasteiger charge is 2.24. The predicted octanol–water partition coefficient (Wildman–Crippen LogP) is 3.64. The zero-order valence-corrected chi connectivity index (χ0v) is 17.9. The van der Waals surface area contributed by atoms with Gasteiger partial charge in [0, 0.05) is 11.4 Å². The number of amides is 3. The van der Waals surface area contributed by atoms with Crippen molar-refractivity contribution in [3.63, 3.8) is 0 Å². The minimum Gasteiger partial charge on any atom is -0.459 e. The van der Waals surface area contributed by atoms with E-state index in [-0.39, 0.29) is 36.7 Å². The van der Waals surface area contributed by atoms with E-state index in [2.05, 4.69) is 10.6 Å². The molecule has 3 amide bonds. The van der Waals surface area contributed by atoms with Crippen LogP contribution in [0.2, 0.25) is 0 Å². The number of carbonyl (C=O) groups is 3.